The topological polar surface area (TPSA) is 56.6 Å². The van der Waals surface area contributed by atoms with E-state index in [1.54, 1.807) is 0 Å². The van der Waals surface area contributed by atoms with Gasteiger partial charge >= 0.3 is 6.09 Å². The molecule has 1 amide bonds. The second-order valence-electron chi connectivity index (χ2n) is 7.74. The number of hydrogen-bond donors (Lipinski definition) is 0. The Morgan fingerprint density at radius 2 is 1.43 bits per heavy atom. The first-order chi connectivity index (χ1) is 13.4. The number of benzene rings is 2. The molecule has 2 aromatic rings. The molecule has 0 saturated heterocycles. The van der Waals surface area contributed by atoms with E-state index in [1.807, 2.05) is 57.2 Å². The molecule has 0 aliphatic heterocycles. The summed E-state index contributed by atoms with van der Waals surface area (Å²) in [4.78, 5) is 16.2. The van der Waals surface area contributed by atoms with Crippen LogP contribution in [0.15, 0.2) is 60.7 Å². The zero-order valence-electron chi connectivity index (χ0n) is 17.0. The van der Waals surface area contributed by atoms with Crippen LogP contribution in [0, 0.1) is 11.3 Å². The van der Waals surface area contributed by atoms with E-state index in [-0.39, 0.29) is 6.54 Å². The van der Waals surface area contributed by atoms with Crippen molar-refractivity contribution in [1.29, 1.82) is 5.26 Å². The lowest BCUT2D eigenvalue weighted by Gasteiger charge is -2.29. The largest absolute Gasteiger partial charge is 0.444 e. The fourth-order valence-corrected chi connectivity index (χ4v) is 2.81. The summed E-state index contributed by atoms with van der Waals surface area (Å²) >= 11 is 0. The molecule has 28 heavy (non-hydrogen) atoms. The van der Waals surface area contributed by atoms with E-state index in [0.29, 0.717) is 13.1 Å². The van der Waals surface area contributed by atoms with Gasteiger partial charge in [-0.1, -0.05) is 60.7 Å². The summed E-state index contributed by atoms with van der Waals surface area (Å²) in [6.45, 7) is 8.10. The molecule has 0 bridgehead atoms. The number of carbonyl (C=O) groups excluding carboxylic acids is 1. The third-order valence-electron chi connectivity index (χ3n) is 4.10. The molecule has 0 aliphatic carbocycles. The van der Waals surface area contributed by atoms with Gasteiger partial charge in [0.15, 0.2) is 0 Å². The van der Waals surface area contributed by atoms with Gasteiger partial charge in [0.25, 0.3) is 0 Å². The molecule has 0 spiro atoms. The molecule has 0 aliphatic rings. The van der Waals surface area contributed by atoms with Crippen molar-refractivity contribution >= 4 is 6.09 Å². The minimum absolute atomic E-state index is 0.0133. The van der Waals surface area contributed by atoms with Gasteiger partial charge in [0.05, 0.1) is 6.07 Å². The van der Waals surface area contributed by atoms with Crippen molar-refractivity contribution in [2.75, 3.05) is 19.6 Å². The fraction of sp³-hybridized carbons (Fsp3) is 0.391. The zero-order valence-corrected chi connectivity index (χ0v) is 17.0. The Morgan fingerprint density at radius 1 is 0.929 bits per heavy atom. The summed E-state index contributed by atoms with van der Waals surface area (Å²) < 4.78 is 5.44. The van der Waals surface area contributed by atoms with Crippen LogP contribution in [0.25, 0.3) is 0 Å². The predicted molar refractivity (Wildman–Crippen MR) is 110 cm³/mol. The van der Waals surface area contributed by atoms with Crippen molar-refractivity contribution in [3.8, 4) is 6.07 Å². The molecule has 2 aromatic carbocycles. The molecular weight excluding hydrogens is 350 g/mol. The normalized spacial score (nSPS) is 11.1. The van der Waals surface area contributed by atoms with Gasteiger partial charge in [-0.2, -0.15) is 5.26 Å². The summed E-state index contributed by atoms with van der Waals surface area (Å²) in [5.74, 6) is 0. The third-order valence-corrected chi connectivity index (χ3v) is 4.10. The second-order valence-corrected chi connectivity index (χ2v) is 7.74. The first-order valence-electron chi connectivity index (χ1n) is 9.52. The molecule has 0 N–H and O–H groups in total. The first kappa shape index (κ1) is 21.5. The van der Waals surface area contributed by atoms with Crippen LogP contribution in [0.1, 0.15) is 31.9 Å². The quantitative estimate of drug-likeness (QED) is 0.636. The van der Waals surface area contributed by atoms with E-state index in [1.165, 1.54) is 16.0 Å². The van der Waals surface area contributed by atoms with Crippen LogP contribution >= 0.6 is 0 Å². The van der Waals surface area contributed by atoms with E-state index in [4.69, 9.17) is 10.00 Å². The van der Waals surface area contributed by atoms with Crippen LogP contribution in [-0.2, 0) is 17.8 Å². The molecule has 5 nitrogen and oxygen atoms in total. The summed E-state index contributed by atoms with van der Waals surface area (Å²) in [7, 11) is 0. The number of nitriles is 1. The van der Waals surface area contributed by atoms with Gasteiger partial charge in [0, 0.05) is 26.2 Å². The van der Waals surface area contributed by atoms with Crippen molar-refractivity contribution in [3.05, 3.63) is 71.8 Å². The van der Waals surface area contributed by atoms with Crippen LogP contribution in [0.4, 0.5) is 4.79 Å². The highest BCUT2D eigenvalue weighted by molar-refractivity contribution is 5.68. The molecule has 148 valence electrons. The van der Waals surface area contributed by atoms with E-state index in [9.17, 15) is 4.79 Å². The molecule has 0 fully saturated rings. The smallest absolute Gasteiger partial charge is 0.411 e. The molecule has 5 heteroatoms. The average Bonchev–Trinajstić information content (AvgIpc) is 2.65. The summed E-state index contributed by atoms with van der Waals surface area (Å²) in [6, 6.07) is 22.6. The molecule has 0 radical (unpaired) electrons. The lowest BCUT2D eigenvalue weighted by atomic mass is 10.1. The third kappa shape index (κ3) is 7.81. The van der Waals surface area contributed by atoms with Crippen molar-refractivity contribution < 1.29 is 9.53 Å². The molecule has 0 saturated carbocycles. The van der Waals surface area contributed by atoms with Gasteiger partial charge in [-0.3, -0.25) is 9.80 Å². The second kappa shape index (κ2) is 10.5. The molecule has 0 atom stereocenters. The molecule has 0 heterocycles. The SMILES string of the molecule is CC(C)(C)OC(=O)N(CC#N)CCN(Cc1ccccc1)Cc1ccccc1. The van der Waals surface area contributed by atoms with Gasteiger partial charge in [-0.25, -0.2) is 4.79 Å². The Kier molecular flexibility index (Phi) is 8.03. The summed E-state index contributed by atoms with van der Waals surface area (Å²) in [5, 5.41) is 9.11. The lowest BCUT2D eigenvalue weighted by Crippen LogP contribution is -2.41. The number of ether oxygens (including phenoxy) is 1. The van der Waals surface area contributed by atoms with E-state index < -0.39 is 11.7 Å². The van der Waals surface area contributed by atoms with Crippen molar-refractivity contribution in [2.45, 2.75) is 39.5 Å². The Bertz CT molecular complexity index is 722. The maximum absolute atomic E-state index is 12.4. The summed E-state index contributed by atoms with van der Waals surface area (Å²) in [5.41, 5.74) is 1.84. The van der Waals surface area contributed by atoms with Crippen molar-refractivity contribution in [1.82, 2.24) is 9.80 Å². The van der Waals surface area contributed by atoms with Gasteiger partial charge in [-0.15, -0.1) is 0 Å². The van der Waals surface area contributed by atoms with Crippen LogP contribution in [0.2, 0.25) is 0 Å². The van der Waals surface area contributed by atoms with Gasteiger partial charge in [0.2, 0.25) is 0 Å². The molecule has 2 rings (SSSR count). The minimum Gasteiger partial charge on any atom is -0.444 e. The van der Waals surface area contributed by atoms with Gasteiger partial charge in [0.1, 0.15) is 12.1 Å². The highest BCUT2D eigenvalue weighted by Gasteiger charge is 2.22. The monoisotopic (exact) mass is 379 g/mol. The van der Waals surface area contributed by atoms with Gasteiger partial charge in [-0.05, 0) is 31.9 Å². The maximum atomic E-state index is 12.4. The van der Waals surface area contributed by atoms with E-state index >= 15 is 0 Å². The van der Waals surface area contributed by atoms with Gasteiger partial charge < -0.3 is 4.74 Å². The average molecular weight is 380 g/mol. The molecular formula is C23H29N3O2. The van der Waals surface area contributed by atoms with Crippen LogP contribution in [0.3, 0.4) is 0 Å². The Hall–Kier alpha value is -2.84. The zero-order chi connectivity index (χ0) is 20.4. The fourth-order valence-electron chi connectivity index (χ4n) is 2.81. The van der Waals surface area contributed by atoms with E-state index in [2.05, 4.69) is 35.2 Å². The van der Waals surface area contributed by atoms with Crippen molar-refractivity contribution in [2.24, 2.45) is 0 Å². The number of carbonyl (C=O) groups is 1. The number of amides is 1. The molecule has 0 aromatic heterocycles. The Balaban J connectivity index is 2.06. The maximum Gasteiger partial charge on any atom is 0.411 e. The first-order valence-corrected chi connectivity index (χ1v) is 9.52. The lowest BCUT2D eigenvalue weighted by molar-refractivity contribution is 0.0255. The highest BCUT2D eigenvalue weighted by atomic mass is 16.6. The van der Waals surface area contributed by atoms with E-state index in [0.717, 1.165) is 13.1 Å². The predicted octanol–water partition coefficient (Wildman–Crippen LogP) is 4.45. The Labute approximate surface area is 168 Å². The highest BCUT2D eigenvalue weighted by Crippen LogP contribution is 2.12. The molecule has 0 unspecified atom stereocenters. The summed E-state index contributed by atoms with van der Waals surface area (Å²) in [6.07, 6.45) is -0.451. The van der Waals surface area contributed by atoms with Crippen molar-refractivity contribution in [3.63, 3.8) is 0 Å². The number of nitrogens with zero attached hydrogens (tertiary/aromatic N) is 3. The minimum atomic E-state index is -0.585. The van der Waals surface area contributed by atoms with Crippen LogP contribution in [0.5, 0.6) is 0 Å². The van der Waals surface area contributed by atoms with Crippen LogP contribution in [-0.4, -0.2) is 41.1 Å². The standard InChI is InChI=1S/C23H29N3O2/c1-23(2,3)28-22(27)26(15-14-24)17-16-25(18-20-10-6-4-7-11-20)19-21-12-8-5-9-13-21/h4-13H,15-19H2,1-3H3. The number of hydrogen-bond acceptors (Lipinski definition) is 4. The Morgan fingerprint density at radius 3 is 1.86 bits per heavy atom. The van der Waals surface area contributed by atoms with Crippen LogP contribution < -0.4 is 0 Å². The number of rotatable bonds is 8.